The topological polar surface area (TPSA) is 73.0 Å². The van der Waals surface area contributed by atoms with Crippen molar-refractivity contribution in [3.63, 3.8) is 0 Å². The van der Waals surface area contributed by atoms with Crippen LogP contribution < -0.4 is 10.2 Å². The molecule has 186 valence electrons. The van der Waals surface area contributed by atoms with E-state index in [-0.39, 0.29) is 23.0 Å². The fourth-order valence-electron chi connectivity index (χ4n) is 4.19. The standard InChI is InChI=1S/C25H35FN4O3S/c1-4-28-15-17-29(18-16-28)24-13-12-22(34(32,33)30(5-2)6-3)19-23(24)27-25(31)14-9-20-7-10-21(26)11-8-20/h7-8,10-13,19H,4-6,9,14-18H2,1-3H3,(H,27,31). The maximum absolute atomic E-state index is 13.1. The molecule has 1 aliphatic heterocycles. The molecule has 2 aromatic rings. The lowest BCUT2D eigenvalue weighted by Crippen LogP contribution is -2.46. The van der Waals surface area contributed by atoms with E-state index in [2.05, 4.69) is 22.0 Å². The summed E-state index contributed by atoms with van der Waals surface area (Å²) in [5.74, 6) is -0.526. The van der Waals surface area contributed by atoms with Crippen LogP contribution in [0, 0.1) is 5.82 Å². The summed E-state index contributed by atoms with van der Waals surface area (Å²) in [6, 6.07) is 11.1. The number of nitrogens with one attached hydrogen (secondary N) is 1. The van der Waals surface area contributed by atoms with Gasteiger partial charge in [-0.05, 0) is 48.9 Å². The smallest absolute Gasteiger partial charge is 0.243 e. The Labute approximate surface area is 202 Å². The number of anilines is 2. The molecule has 1 heterocycles. The summed E-state index contributed by atoms with van der Waals surface area (Å²) >= 11 is 0. The van der Waals surface area contributed by atoms with Crippen LogP contribution in [-0.2, 0) is 21.2 Å². The van der Waals surface area contributed by atoms with Crippen LogP contribution in [0.4, 0.5) is 15.8 Å². The van der Waals surface area contributed by atoms with E-state index in [1.54, 1.807) is 44.2 Å². The molecule has 0 spiro atoms. The minimum atomic E-state index is -3.66. The fraction of sp³-hybridized carbons (Fsp3) is 0.480. The van der Waals surface area contributed by atoms with Crippen LogP contribution in [0.1, 0.15) is 32.8 Å². The van der Waals surface area contributed by atoms with Gasteiger partial charge in [-0.2, -0.15) is 4.31 Å². The molecule has 0 bridgehead atoms. The third-order valence-corrected chi connectivity index (χ3v) is 8.35. The Morgan fingerprint density at radius 2 is 1.65 bits per heavy atom. The highest BCUT2D eigenvalue weighted by molar-refractivity contribution is 7.89. The molecule has 0 aromatic heterocycles. The van der Waals surface area contributed by atoms with Gasteiger partial charge >= 0.3 is 0 Å². The van der Waals surface area contributed by atoms with E-state index in [4.69, 9.17) is 0 Å². The average Bonchev–Trinajstić information content (AvgIpc) is 2.84. The molecule has 0 atom stereocenters. The first-order valence-electron chi connectivity index (χ1n) is 11.9. The molecule has 1 saturated heterocycles. The molecule has 1 aliphatic rings. The predicted octanol–water partition coefficient (Wildman–Crippen LogP) is 3.57. The number of aryl methyl sites for hydroxylation is 1. The first kappa shape index (κ1) is 26.1. The Morgan fingerprint density at radius 3 is 2.24 bits per heavy atom. The van der Waals surface area contributed by atoms with E-state index in [0.29, 0.717) is 25.2 Å². The van der Waals surface area contributed by atoms with E-state index in [1.807, 2.05) is 0 Å². The molecule has 1 fully saturated rings. The molecule has 1 N–H and O–H groups in total. The summed E-state index contributed by atoms with van der Waals surface area (Å²) in [5.41, 5.74) is 2.19. The monoisotopic (exact) mass is 490 g/mol. The third-order valence-electron chi connectivity index (χ3n) is 6.30. The summed E-state index contributed by atoms with van der Waals surface area (Å²) in [6.45, 7) is 10.9. The van der Waals surface area contributed by atoms with E-state index >= 15 is 0 Å². The molecular formula is C25H35FN4O3S. The van der Waals surface area contributed by atoms with Crippen molar-refractivity contribution >= 4 is 27.3 Å². The lowest BCUT2D eigenvalue weighted by Gasteiger charge is -2.36. The Kier molecular flexibility index (Phi) is 9.04. The van der Waals surface area contributed by atoms with Gasteiger partial charge < -0.3 is 15.1 Å². The third kappa shape index (κ3) is 6.34. The van der Waals surface area contributed by atoms with Crippen LogP contribution in [-0.4, -0.2) is 69.3 Å². The first-order valence-corrected chi connectivity index (χ1v) is 13.4. The van der Waals surface area contributed by atoms with Crippen molar-refractivity contribution in [2.75, 3.05) is 56.0 Å². The predicted molar refractivity (Wildman–Crippen MR) is 134 cm³/mol. The van der Waals surface area contributed by atoms with Crippen molar-refractivity contribution in [2.24, 2.45) is 0 Å². The van der Waals surface area contributed by atoms with E-state index in [9.17, 15) is 17.6 Å². The van der Waals surface area contributed by atoms with Gasteiger partial charge in [0.2, 0.25) is 15.9 Å². The van der Waals surface area contributed by atoms with Gasteiger partial charge in [-0.3, -0.25) is 4.79 Å². The number of piperazine rings is 1. The number of halogens is 1. The van der Waals surface area contributed by atoms with Gasteiger partial charge in [0, 0.05) is 45.7 Å². The maximum atomic E-state index is 13.1. The fourth-order valence-corrected chi connectivity index (χ4v) is 5.68. The molecule has 9 heteroatoms. The minimum Gasteiger partial charge on any atom is -0.367 e. The highest BCUT2D eigenvalue weighted by Crippen LogP contribution is 2.31. The summed E-state index contributed by atoms with van der Waals surface area (Å²) in [4.78, 5) is 17.5. The SMILES string of the molecule is CCN1CCN(c2ccc(S(=O)(=O)N(CC)CC)cc2NC(=O)CCc2ccc(F)cc2)CC1. The van der Waals surface area contributed by atoms with E-state index in [1.165, 1.54) is 16.4 Å². The van der Waals surface area contributed by atoms with Crippen LogP contribution in [0.25, 0.3) is 0 Å². The molecule has 7 nitrogen and oxygen atoms in total. The van der Waals surface area contributed by atoms with Crippen molar-refractivity contribution in [1.29, 1.82) is 0 Å². The Morgan fingerprint density at radius 1 is 1.00 bits per heavy atom. The van der Waals surface area contributed by atoms with Gasteiger partial charge in [-0.1, -0.05) is 32.9 Å². The molecule has 0 saturated carbocycles. The number of hydrogen-bond acceptors (Lipinski definition) is 5. The number of likely N-dealkylation sites (N-methyl/N-ethyl adjacent to an activating group) is 1. The van der Waals surface area contributed by atoms with Crippen molar-refractivity contribution < 1.29 is 17.6 Å². The highest BCUT2D eigenvalue weighted by Gasteiger charge is 2.25. The normalized spacial score (nSPS) is 15.0. The van der Waals surface area contributed by atoms with Crippen LogP contribution in [0.15, 0.2) is 47.4 Å². The zero-order valence-electron chi connectivity index (χ0n) is 20.3. The van der Waals surface area contributed by atoms with Crippen molar-refractivity contribution in [2.45, 2.75) is 38.5 Å². The van der Waals surface area contributed by atoms with Crippen LogP contribution in [0.5, 0.6) is 0 Å². The van der Waals surface area contributed by atoms with Crippen molar-refractivity contribution in [1.82, 2.24) is 9.21 Å². The number of hydrogen-bond donors (Lipinski definition) is 1. The molecular weight excluding hydrogens is 455 g/mol. The van der Waals surface area contributed by atoms with Crippen LogP contribution in [0.3, 0.4) is 0 Å². The number of carbonyl (C=O) groups is 1. The quantitative estimate of drug-likeness (QED) is 0.551. The molecule has 3 rings (SSSR count). The van der Waals surface area contributed by atoms with Crippen molar-refractivity contribution in [3.05, 3.63) is 53.8 Å². The summed E-state index contributed by atoms with van der Waals surface area (Å²) in [6.07, 6.45) is 0.676. The van der Waals surface area contributed by atoms with Crippen molar-refractivity contribution in [3.8, 4) is 0 Å². The highest BCUT2D eigenvalue weighted by atomic mass is 32.2. The number of benzene rings is 2. The second-order valence-corrected chi connectivity index (χ2v) is 10.3. The first-order chi connectivity index (χ1) is 16.3. The summed E-state index contributed by atoms with van der Waals surface area (Å²) in [7, 11) is -3.66. The second kappa shape index (κ2) is 11.8. The number of amides is 1. The van der Waals surface area contributed by atoms with Gasteiger partial charge in [0.1, 0.15) is 5.82 Å². The van der Waals surface area contributed by atoms with Crippen LogP contribution >= 0.6 is 0 Å². The maximum Gasteiger partial charge on any atom is 0.243 e. The molecule has 2 aromatic carbocycles. The van der Waals surface area contributed by atoms with Gasteiger partial charge in [0.25, 0.3) is 0 Å². The Balaban J connectivity index is 1.84. The molecule has 0 unspecified atom stereocenters. The lowest BCUT2D eigenvalue weighted by molar-refractivity contribution is -0.116. The van der Waals surface area contributed by atoms with Gasteiger partial charge in [0.15, 0.2) is 0 Å². The van der Waals surface area contributed by atoms with Gasteiger partial charge in [-0.15, -0.1) is 0 Å². The average molecular weight is 491 g/mol. The zero-order valence-corrected chi connectivity index (χ0v) is 21.1. The van der Waals surface area contributed by atoms with Gasteiger partial charge in [-0.25, -0.2) is 12.8 Å². The molecule has 34 heavy (non-hydrogen) atoms. The summed E-state index contributed by atoms with van der Waals surface area (Å²) < 4.78 is 40.8. The number of carbonyl (C=O) groups excluding carboxylic acids is 1. The second-order valence-electron chi connectivity index (χ2n) is 8.36. The Hall–Kier alpha value is -2.49. The Bertz CT molecular complexity index is 1060. The van der Waals surface area contributed by atoms with E-state index < -0.39 is 10.0 Å². The largest absolute Gasteiger partial charge is 0.367 e. The number of sulfonamides is 1. The summed E-state index contributed by atoms with van der Waals surface area (Å²) in [5, 5.41) is 2.95. The number of rotatable bonds is 10. The molecule has 0 radical (unpaired) electrons. The molecule has 0 aliphatic carbocycles. The minimum absolute atomic E-state index is 0.168. The van der Waals surface area contributed by atoms with E-state index in [0.717, 1.165) is 44.0 Å². The molecule has 1 amide bonds. The zero-order chi connectivity index (χ0) is 24.7. The lowest BCUT2D eigenvalue weighted by atomic mass is 10.1. The van der Waals surface area contributed by atoms with Gasteiger partial charge in [0.05, 0.1) is 16.3 Å². The van der Waals surface area contributed by atoms with Crippen LogP contribution in [0.2, 0.25) is 0 Å². The number of nitrogens with zero attached hydrogens (tertiary/aromatic N) is 3.